The Balaban J connectivity index is 1.88. The van der Waals surface area contributed by atoms with E-state index < -0.39 is 11.4 Å². The zero-order chi connectivity index (χ0) is 16.6. The molecule has 0 heterocycles. The van der Waals surface area contributed by atoms with E-state index in [-0.39, 0.29) is 11.5 Å². The van der Waals surface area contributed by atoms with Crippen LogP contribution in [0, 0.1) is 13.8 Å². The summed E-state index contributed by atoms with van der Waals surface area (Å²) in [5, 5.41) is 12.0. The number of carbonyl (C=O) groups is 2. The summed E-state index contributed by atoms with van der Waals surface area (Å²) in [6.07, 6.45) is 1.64. The Hall–Kier alpha value is -2.62. The Bertz CT molecular complexity index is 791. The normalized spacial score (nSPS) is 15.0. The maximum absolute atomic E-state index is 12.8. The second-order valence-corrected chi connectivity index (χ2v) is 6.24. The molecule has 1 fully saturated rings. The Morgan fingerprint density at radius 2 is 1.83 bits per heavy atom. The van der Waals surface area contributed by atoms with Gasteiger partial charge in [-0.25, -0.2) is 4.79 Å². The van der Waals surface area contributed by atoms with Gasteiger partial charge in [0, 0.05) is 5.69 Å². The first-order valence-electron chi connectivity index (χ1n) is 7.65. The Kier molecular flexibility index (Phi) is 3.68. The standard InChI is InChI=1S/C19H19NO3/c1-12-4-3-5-15(10-12)19(8-9-19)18(23)20-16-11-14(17(21)22)7-6-13(16)2/h3-7,10-11H,8-9H2,1-2H3,(H,20,23)(H,21,22). The predicted octanol–water partition coefficient (Wildman–Crippen LogP) is 3.67. The number of anilines is 1. The summed E-state index contributed by atoms with van der Waals surface area (Å²) >= 11 is 0. The molecule has 2 aromatic carbocycles. The fraction of sp³-hybridized carbons (Fsp3) is 0.263. The molecule has 4 nitrogen and oxygen atoms in total. The molecule has 0 atom stereocenters. The highest BCUT2D eigenvalue weighted by Crippen LogP contribution is 2.49. The van der Waals surface area contributed by atoms with Crippen molar-refractivity contribution < 1.29 is 14.7 Å². The summed E-state index contributed by atoms with van der Waals surface area (Å²) < 4.78 is 0. The van der Waals surface area contributed by atoms with Crippen molar-refractivity contribution in [2.45, 2.75) is 32.1 Å². The first-order chi connectivity index (χ1) is 10.9. The quantitative estimate of drug-likeness (QED) is 0.905. The molecule has 1 saturated carbocycles. The number of hydrogen-bond donors (Lipinski definition) is 2. The minimum Gasteiger partial charge on any atom is -0.478 e. The van der Waals surface area contributed by atoms with Crippen molar-refractivity contribution >= 4 is 17.6 Å². The van der Waals surface area contributed by atoms with Gasteiger partial charge in [-0.2, -0.15) is 0 Å². The third kappa shape index (κ3) is 2.84. The Labute approximate surface area is 135 Å². The highest BCUT2D eigenvalue weighted by atomic mass is 16.4. The van der Waals surface area contributed by atoms with E-state index in [0.29, 0.717) is 5.69 Å². The van der Waals surface area contributed by atoms with Crippen LogP contribution in [0.15, 0.2) is 42.5 Å². The second kappa shape index (κ2) is 5.54. The van der Waals surface area contributed by atoms with Gasteiger partial charge >= 0.3 is 5.97 Å². The molecule has 3 rings (SSSR count). The molecule has 0 aromatic heterocycles. The SMILES string of the molecule is Cc1cccc(C2(C(=O)Nc3cc(C(=O)O)ccc3C)CC2)c1. The molecule has 4 heteroatoms. The van der Waals surface area contributed by atoms with E-state index in [1.54, 1.807) is 12.1 Å². The zero-order valence-corrected chi connectivity index (χ0v) is 13.2. The number of hydrogen-bond acceptors (Lipinski definition) is 2. The molecule has 0 spiro atoms. The van der Waals surface area contributed by atoms with Crippen LogP contribution < -0.4 is 5.32 Å². The number of carboxylic acid groups (broad SMARTS) is 1. The molecule has 0 bridgehead atoms. The average molecular weight is 309 g/mol. The fourth-order valence-corrected chi connectivity index (χ4v) is 2.85. The van der Waals surface area contributed by atoms with Crippen molar-refractivity contribution in [1.29, 1.82) is 0 Å². The third-order valence-corrected chi connectivity index (χ3v) is 4.49. The lowest BCUT2D eigenvalue weighted by molar-refractivity contribution is -0.118. The topological polar surface area (TPSA) is 66.4 Å². The lowest BCUT2D eigenvalue weighted by Crippen LogP contribution is -2.28. The fourth-order valence-electron chi connectivity index (χ4n) is 2.85. The van der Waals surface area contributed by atoms with Gasteiger partial charge in [-0.05, 0) is 49.9 Å². The molecular weight excluding hydrogens is 290 g/mol. The monoisotopic (exact) mass is 309 g/mol. The minimum atomic E-state index is -1.000. The van der Waals surface area contributed by atoms with E-state index >= 15 is 0 Å². The molecule has 2 aromatic rings. The van der Waals surface area contributed by atoms with Crippen LogP contribution in [0.3, 0.4) is 0 Å². The van der Waals surface area contributed by atoms with Crippen molar-refractivity contribution in [3.8, 4) is 0 Å². The van der Waals surface area contributed by atoms with Crippen molar-refractivity contribution in [2.24, 2.45) is 0 Å². The third-order valence-electron chi connectivity index (χ3n) is 4.49. The molecule has 0 radical (unpaired) electrons. The van der Waals surface area contributed by atoms with Gasteiger partial charge in [-0.15, -0.1) is 0 Å². The predicted molar refractivity (Wildman–Crippen MR) is 88.9 cm³/mol. The van der Waals surface area contributed by atoms with Gasteiger partial charge in [-0.3, -0.25) is 4.79 Å². The van der Waals surface area contributed by atoms with Crippen LogP contribution >= 0.6 is 0 Å². The van der Waals surface area contributed by atoms with Crippen molar-refractivity contribution in [1.82, 2.24) is 0 Å². The maximum Gasteiger partial charge on any atom is 0.335 e. The van der Waals surface area contributed by atoms with Gasteiger partial charge in [0.15, 0.2) is 0 Å². The summed E-state index contributed by atoms with van der Waals surface area (Å²) in [7, 11) is 0. The van der Waals surface area contributed by atoms with E-state index in [2.05, 4.69) is 5.32 Å². The number of aromatic carboxylic acids is 1. The molecule has 0 aliphatic heterocycles. The zero-order valence-electron chi connectivity index (χ0n) is 13.2. The molecule has 1 aliphatic carbocycles. The van der Waals surface area contributed by atoms with E-state index in [1.807, 2.05) is 38.1 Å². The van der Waals surface area contributed by atoms with Gasteiger partial charge in [0.05, 0.1) is 11.0 Å². The van der Waals surface area contributed by atoms with E-state index in [1.165, 1.54) is 6.07 Å². The van der Waals surface area contributed by atoms with Crippen LogP contribution in [0.25, 0.3) is 0 Å². The number of rotatable bonds is 4. The van der Waals surface area contributed by atoms with E-state index in [4.69, 9.17) is 5.11 Å². The van der Waals surface area contributed by atoms with Crippen LogP contribution in [-0.2, 0) is 10.2 Å². The molecule has 2 N–H and O–H groups in total. The van der Waals surface area contributed by atoms with Gasteiger partial charge in [-0.1, -0.05) is 35.9 Å². The number of carbonyl (C=O) groups excluding carboxylic acids is 1. The van der Waals surface area contributed by atoms with Gasteiger partial charge in [0.1, 0.15) is 0 Å². The van der Waals surface area contributed by atoms with Gasteiger partial charge in [0.25, 0.3) is 0 Å². The Morgan fingerprint density at radius 3 is 2.43 bits per heavy atom. The second-order valence-electron chi connectivity index (χ2n) is 6.24. The number of benzene rings is 2. The highest BCUT2D eigenvalue weighted by Gasteiger charge is 2.51. The number of nitrogens with one attached hydrogen (secondary N) is 1. The summed E-state index contributed by atoms with van der Waals surface area (Å²) in [5.41, 5.74) is 3.27. The maximum atomic E-state index is 12.8. The van der Waals surface area contributed by atoms with Crippen LogP contribution in [0.2, 0.25) is 0 Å². The van der Waals surface area contributed by atoms with E-state index in [9.17, 15) is 9.59 Å². The molecule has 0 saturated heterocycles. The summed E-state index contributed by atoms with van der Waals surface area (Å²) in [6, 6.07) is 12.8. The molecule has 118 valence electrons. The minimum absolute atomic E-state index is 0.0614. The summed E-state index contributed by atoms with van der Waals surface area (Å²) in [6.45, 7) is 3.87. The summed E-state index contributed by atoms with van der Waals surface area (Å²) in [4.78, 5) is 23.9. The first kappa shape index (κ1) is 15.3. The smallest absolute Gasteiger partial charge is 0.335 e. The van der Waals surface area contributed by atoms with Crippen LogP contribution in [-0.4, -0.2) is 17.0 Å². The van der Waals surface area contributed by atoms with E-state index in [0.717, 1.165) is 29.5 Å². The number of aryl methyl sites for hydroxylation is 2. The van der Waals surface area contributed by atoms with Crippen molar-refractivity contribution in [3.05, 3.63) is 64.7 Å². The lowest BCUT2D eigenvalue weighted by Gasteiger charge is -2.17. The van der Waals surface area contributed by atoms with Gasteiger partial charge in [0.2, 0.25) is 5.91 Å². The highest BCUT2D eigenvalue weighted by molar-refractivity contribution is 6.02. The van der Waals surface area contributed by atoms with Crippen molar-refractivity contribution in [3.63, 3.8) is 0 Å². The molecule has 1 amide bonds. The van der Waals surface area contributed by atoms with Crippen molar-refractivity contribution in [2.75, 3.05) is 5.32 Å². The molecule has 1 aliphatic rings. The van der Waals surface area contributed by atoms with Crippen LogP contribution in [0.5, 0.6) is 0 Å². The largest absolute Gasteiger partial charge is 0.478 e. The summed E-state index contributed by atoms with van der Waals surface area (Å²) in [5.74, 6) is -1.06. The molecular formula is C19H19NO3. The number of amides is 1. The Morgan fingerprint density at radius 1 is 1.09 bits per heavy atom. The molecule has 23 heavy (non-hydrogen) atoms. The molecule has 0 unspecified atom stereocenters. The van der Waals surface area contributed by atoms with Gasteiger partial charge < -0.3 is 10.4 Å². The first-order valence-corrected chi connectivity index (χ1v) is 7.65. The van der Waals surface area contributed by atoms with Crippen LogP contribution in [0.1, 0.15) is 39.9 Å². The lowest BCUT2D eigenvalue weighted by atomic mass is 9.93. The average Bonchev–Trinajstić information content (AvgIpc) is 3.31. The van der Waals surface area contributed by atoms with Crippen LogP contribution in [0.4, 0.5) is 5.69 Å². The number of carboxylic acids is 1.